The Kier molecular flexibility index (Phi) is 4.42. The molecule has 1 heterocycles. The van der Waals surface area contributed by atoms with E-state index >= 15 is 0 Å². The first kappa shape index (κ1) is 14.3. The van der Waals surface area contributed by atoms with Gasteiger partial charge in [-0.05, 0) is 43.5 Å². The van der Waals surface area contributed by atoms with E-state index in [0.717, 1.165) is 27.0 Å². The number of aryl methyl sites for hydroxylation is 2. The lowest BCUT2D eigenvalue weighted by Gasteiger charge is -2.11. The number of benzene rings is 1. The van der Waals surface area contributed by atoms with Crippen LogP contribution in [0.25, 0.3) is 0 Å². The summed E-state index contributed by atoms with van der Waals surface area (Å²) in [5.74, 6) is 0. The Morgan fingerprint density at radius 1 is 1.21 bits per heavy atom. The van der Waals surface area contributed by atoms with E-state index in [0.29, 0.717) is 12.8 Å². The lowest BCUT2D eigenvalue weighted by molar-refractivity contribution is 0.175. The van der Waals surface area contributed by atoms with Gasteiger partial charge in [0.1, 0.15) is 0 Å². The van der Waals surface area contributed by atoms with Gasteiger partial charge in [-0.1, -0.05) is 28.1 Å². The molecule has 0 bridgehead atoms. The molecule has 0 radical (unpaired) electrons. The molecule has 1 aromatic heterocycles. The molecule has 0 saturated carbocycles. The normalized spacial score (nSPS) is 12.7. The molecule has 4 heteroatoms. The zero-order valence-electron chi connectivity index (χ0n) is 11.5. The summed E-state index contributed by atoms with van der Waals surface area (Å²) in [7, 11) is 1.94. The standard InChI is InChI=1S/C15H19BrN2O/c1-10-15(11(2)18(3)17-10)9-14(19)8-12-4-6-13(16)7-5-12/h4-7,14,19H,8-9H2,1-3H3. The van der Waals surface area contributed by atoms with Crippen LogP contribution in [0.2, 0.25) is 0 Å². The number of aromatic nitrogens is 2. The van der Waals surface area contributed by atoms with E-state index in [1.165, 1.54) is 0 Å². The molecule has 1 atom stereocenters. The fourth-order valence-corrected chi connectivity index (χ4v) is 2.58. The lowest BCUT2D eigenvalue weighted by atomic mass is 10.0. The monoisotopic (exact) mass is 322 g/mol. The smallest absolute Gasteiger partial charge is 0.0629 e. The van der Waals surface area contributed by atoms with E-state index < -0.39 is 0 Å². The first-order valence-electron chi connectivity index (χ1n) is 6.39. The summed E-state index contributed by atoms with van der Waals surface area (Å²) in [6, 6.07) is 8.08. The molecule has 0 aliphatic carbocycles. The van der Waals surface area contributed by atoms with Crippen LogP contribution in [-0.4, -0.2) is 21.0 Å². The van der Waals surface area contributed by atoms with Gasteiger partial charge in [-0.25, -0.2) is 0 Å². The second-order valence-electron chi connectivity index (χ2n) is 4.96. The van der Waals surface area contributed by atoms with E-state index in [1.807, 2.05) is 49.8 Å². The Morgan fingerprint density at radius 2 is 1.84 bits per heavy atom. The minimum Gasteiger partial charge on any atom is -0.392 e. The molecule has 2 aromatic rings. The molecule has 0 spiro atoms. The Labute approximate surface area is 122 Å². The molecule has 19 heavy (non-hydrogen) atoms. The third-order valence-corrected chi connectivity index (χ3v) is 4.01. The summed E-state index contributed by atoms with van der Waals surface area (Å²) in [5.41, 5.74) is 4.45. The predicted molar refractivity (Wildman–Crippen MR) is 80.2 cm³/mol. The van der Waals surface area contributed by atoms with Gasteiger partial charge in [0.05, 0.1) is 11.8 Å². The van der Waals surface area contributed by atoms with Gasteiger partial charge in [0.2, 0.25) is 0 Å². The van der Waals surface area contributed by atoms with E-state index in [1.54, 1.807) is 0 Å². The van der Waals surface area contributed by atoms with Gasteiger partial charge >= 0.3 is 0 Å². The zero-order chi connectivity index (χ0) is 14.0. The molecule has 0 amide bonds. The highest BCUT2D eigenvalue weighted by molar-refractivity contribution is 9.10. The molecular weight excluding hydrogens is 304 g/mol. The van der Waals surface area contributed by atoms with E-state index in [9.17, 15) is 5.11 Å². The number of aliphatic hydroxyl groups is 1. The van der Waals surface area contributed by atoms with Gasteiger partial charge in [0.15, 0.2) is 0 Å². The van der Waals surface area contributed by atoms with Crippen molar-refractivity contribution in [1.82, 2.24) is 9.78 Å². The Morgan fingerprint density at radius 3 is 2.37 bits per heavy atom. The molecule has 0 aliphatic heterocycles. The van der Waals surface area contributed by atoms with Crippen molar-refractivity contribution in [1.29, 1.82) is 0 Å². The lowest BCUT2D eigenvalue weighted by Crippen LogP contribution is -2.15. The first-order chi connectivity index (χ1) is 8.97. The van der Waals surface area contributed by atoms with Crippen LogP contribution >= 0.6 is 15.9 Å². The van der Waals surface area contributed by atoms with E-state index in [2.05, 4.69) is 21.0 Å². The maximum Gasteiger partial charge on any atom is 0.0629 e. The summed E-state index contributed by atoms with van der Waals surface area (Å²) >= 11 is 3.41. The molecule has 1 aromatic carbocycles. The molecule has 3 nitrogen and oxygen atoms in total. The van der Waals surface area contributed by atoms with Gasteiger partial charge in [-0.2, -0.15) is 5.10 Å². The van der Waals surface area contributed by atoms with Gasteiger partial charge in [0, 0.05) is 23.6 Å². The Balaban J connectivity index is 2.05. The van der Waals surface area contributed by atoms with Crippen LogP contribution in [0.3, 0.4) is 0 Å². The second-order valence-corrected chi connectivity index (χ2v) is 5.88. The van der Waals surface area contributed by atoms with Crippen molar-refractivity contribution in [3.63, 3.8) is 0 Å². The van der Waals surface area contributed by atoms with Crippen LogP contribution in [-0.2, 0) is 19.9 Å². The minimum absolute atomic E-state index is 0.372. The summed E-state index contributed by atoms with van der Waals surface area (Å²) in [4.78, 5) is 0. The maximum atomic E-state index is 10.2. The van der Waals surface area contributed by atoms with Crippen molar-refractivity contribution in [2.45, 2.75) is 32.8 Å². The number of hydrogen-bond donors (Lipinski definition) is 1. The highest BCUT2D eigenvalue weighted by Crippen LogP contribution is 2.17. The van der Waals surface area contributed by atoms with E-state index in [-0.39, 0.29) is 6.10 Å². The largest absolute Gasteiger partial charge is 0.392 e. The van der Waals surface area contributed by atoms with Crippen LogP contribution in [0.15, 0.2) is 28.7 Å². The predicted octanol–water partition coefficient (Wildman–Crippen LogP) is 2.95. The van der Waals surface area contributed by atoms with Crippen LogP contribution in [0.1, 0.15) is 22.5 Å². The fourth-order valence-electron chi connectivity index (χ4n) is 2.31. The summed E-state index contributed by atoms with van der Waals surface area (Å²) < 4.78 is 2.93. The number of rotatable bonds is 4. The van der Waals surface area contributed by atoms with Crippen LogP contribution in [0.4, 0.5) is 0 Å². The van der Waals surface area contributed by atoms with Gasteiger partial charge in [-0.15, -0.1) is 0 Å². The number of hydrogen-bond acceptors (Lipinski definition) is 2. The van der Waals surface area contributed by atoms with Crippen LogP contribution in [0.5, 0.6) is 0 Å². The molecular formula is C15H19BrN2O. The van der Waals surface area contributed by atoms with Crippen LogP contribution in [0, 0.1) is 13.8 Å². The molecule has 1 N–H and O–H groups in total. The highest BCUT2D eigenvalue weighted by atomic mass is 79.9. The zero-order valence-corrected chi connectivity index (χ0v) is 13.1. The average molecular weight is 323 g/mol. The molecule has 102 valence electrons. The third kappa shape index (κ3) is 3.45. The Hall–Kier alpha value is -1.13. The molecule has 2 rings (SSSR count). The summed E-state index contributed by atoms with van der Waals surface area (Å²) in [6.07, 6.45) is 0.950. The van der Waals surface area contributed by atoms with Gasteiger partial charge < -0.3 is 5.11 Å². The fraction of sp³-hybridized carbons (Fsp3) is 0.400. The molecule has 0 fully saturated rings. The third-order valence-electron chi connectivity index (χ3n) is 3.48. The van der Waals surface area contributed by atoms with Gasteiger partial charge in [-0.3, -0.25) is 4.68 Å². The second kappa shape index (κ2) is 5.88. The summed E-state index contributed by atoms with van der Waals surface area (Å²) in [5, 5.41) is 14.6. The Bertz CT molecular complexity index is 560. The minimum atomic E-state index is -0.372. The van der Waals surface area contributed by atoms with Crippen LogP contribution < -0.4 is 0 Å². The van der Waals surface area contributed by atoms with Crippen molar-refractivity contribution < 1.29 is 5.11 Å². The average Bonchev–Trinajstić information content (AvgIpc) is 2.59. The molecule has 0 aliphatic rings. The van der Waals surface area contributed by atoms with Crippen molar-refractivity contribution >= 4 is 15.9 Å². The first-order valence-corrected chi connectivity index (χ1v) is 7.18. The van der Waals surface area contributed by atoms with Crippen molar-refractivity contribution in [3.8, 4) is 0 Å². The molecule has 1 unspecified atom stereocenters. The quantitative estimate of drug-likeness (QED) is 0.939. The number of nitrogens with zero attached hydrogens (tertiary/aromatic N) is 2. The van der Waals surface area contributed by atoms with Crippen molar-refractivity contribution in [2.75, 3.05) is 0 Å². The van der Waals surface area contributed by atoms with Crippen molar-refractivity contribution in [2.24, 2.45) is 7.05 Å². The SMILES string of the molecule is Cc1nn(C)c(C)c1CC(O)Cc1ccc(Br)cc1. The van der Waals surface area contributed by atoms with E-state index in [4.69, 9.17) is 0 Å². The number of halogens is 1. The van der Waals surface area contributed by atoms with Crippen molar-refractivity contribution in [3.05, 3.63) is 51.3 Å². The topological polar surface area (TPSA) is 38.0 Å². The molecule has 0 saturated heterocycles. The number of aliphatic hydroxyl groups excluding tert-OH is 1. The summed E-state index contributed by atoms with van der Waals surface area (Å²) in [6.45, 7) is 4.04. The maximum absolute atomic E-state index is 10.2. The highest BCUT2D eigenvalue weighted by Gasteiger charge is 2.14. The van der Waals surface area contributed by atoms with Gasteiger partial charge in [0.25, 0.3) is 0 Å².